The molecule has 0 aliphatic carbocycles. The second kappa shape index (κ2) is 10.4. The molecule has 3 aromatic carbocycles. The van der Waals surface area contributed by atoms with Crippen LogP contribution < -0.4 is 22.1 Å². The van der Waals surface area contributed by atoms with Crippen LogP contribution in [0.4, 0.5) is 17.1 Å². The zero-order valence-electron chi connectivity index (χ0n) is 17.7. The molecule has 0 saturated carbocycles. The molecule has 0 aliphatic heterocycles. The van der Waals surface area contributed by atoms with Crippen molar-refractivity contribution in [2.24, 2.45) is 5.73 Å². The first-order valence-electron chi connectivity index (χ1n) is 10.3. The Kier molecular flexibility index (Phi) is 7.40. The molecular formula is C25H29N5O. The minimum Gasteiger partial charge on any atom is -0.398 e. The zero-order chi connectivity index (χ0) is 22.2. The fraction of sp³-hybridized carbons (Fsp3) is 0.200. The maximum absolute atomic E-state index is 13.0. The van der Waals surface area contributed by atoms with E-state index in [1.165, 1.54) is 0 Å². The highest BCUT2D eigenvalue weighted by Crippen LogP contribution is 2.24. The molecule has 1 atom stereocenters. The highest BCUT2D eigenvalue weighted by molar-refractivity contribution is 6.06. The van der Waals surface area contributed by atoms with Gasteiger partial charge in [-0.3, -0.25) is 4.79 Å². The van der Waals surface area contributed by atoms with Gasteiger partial charge in [0.1, 0.15) is 0 Å². The van der Waals surface area contributed by atoms with Crippen LogP contribution in [0.2, 0.25) is 0 Å². The second-order valence-electron chi connectivity index (χ2n) is 7.53. The number of carbonyl (C=O) groups is 1. The van der Waals surface area contributed by atoms with Gasteiger partial charge in [0, 0.05) is 22.6 Å². The first-order valence-corrected chi connectivity index (χ1v) is 10.3. The summed E-state index contributed by atoms with van der Waals surface area (Å²) >= 11 is 0. The Bertz CT molecular complexity index is 1050. The lowest BCUT2D eigenvalue weighted by Gasteiger charge is -2.18. The maximum atomic E-state index is 13.0. The lowest BCUT2D eigenvalue weighted by Crippen LogP contribution is -2.24. The van der Waals surface area contributed by atoms with E-state index in [0.717, 1.165) is 16.8 Å². The van der Waals surface area contributed by atoms with E-state index >= 15 is 0 Å². The molecule has 0 bridgehead atoms. The molecule has 6 nitrogen and oxygen atoms in total. The number of hydrogen-bond donors (Lipinski definition) is 5. The van der Waals surface area contributed by atoms with E-state index < -0.39 is 0 Å². The van der Waals surface area contributed by atoms with E-state index in [2.05, 4.69) is 10.6 Å². The average Bonchev–Trinajstić information content (AvgIpc) is 2.77. The van der Waals surface area contributed by atoms with Gasteiger partial charge in [-0.1, -0.05) is 48.0 Å². The molecule has 0 spiro atoms. The van der Waals surface area contributed by atoms with E-state index in [4.69, 9.17) is 16.9 Å². The molecule has 1 unspecified atom stereocenters. The summed E-state index contributed by atoms with van der Waals surface area (Å²) in [7, 11) is 0. The summed E-state index contributed by atoms with van der Waals surface area (Å²) in [5.41, 5.74) is 16.9. The molecule has 0 aromatic heterocycles. The van der Waals surface area contributed by atoms with Crippen molar-refractivity contribution in [1.29, 1.82) is 5.41 Å². The Morgan fingerprint density at radius 2 is 1.77 bits per heavy atom. The number of nitrogen functional groups attached to an aromatic ring is 1. The number of amides is 1. The average molecular weight is 416 g/mol. The number of hydrogen-bond acceptors (Lipinski definition) is 5. The van der Waals surface area contributed by atoms with Gasteiger partial charge in [-0.15, -0.1) is 0 Å². The van der Waals surface area contributed by atoms with Gasteiger partial charge in [-0.25, -0.2) is 0 Å². The van der Waals surface area contributed by atoms with Crippen molar-refractivity contribution in [3.8, 4) is 0 Å². The molecule has 160 valence electrons. The third-order valence-electron chi connectivity index (χ3n) is 5.11. The quantitative estimate of drug-likeness (QED) is 0.267. The van der Waals surface area contributed by atoms with E-state index in [1.54, 1.807) is 18.2 Å². The normalized spacial score (nSPS) is 11.5. The van der Waals surface area contributed by atoms with Crippen molar-refractivity contribution < 1.29 is 4.79 Å². The summed E-state index contributed by atoms with van der Waals surface area (Å²) in [6, 6.07) is 22.8. The molecule has 0 radical (unpaired) electrons. The SMILES string of the molecule is Cc1cccc(C(CCN)C(=O)Nc2ccc(N)c(C(=N)CNc3ccccc3)c2)c1. The van der Waals surface area contributed by atoms with Gasteiger partial charge in [0.05, 0.1) is 18.2 Å². The molecule has 31 heavy (non-hydrogen) atoms. The number of nitrogens with one attached hydrogen (secondary N) is 3. The maximum Gasteiger partial charge on any atom is 0.231 e. The predicted octanol–water partition coefficient (Wildman–Crippen LogP) is 4.13. The van der Waals surface area contributed by atoms with Crippen LogP contribution in [0.25, 0.3) is 0 Å². The summed E-state index contributed by atoms with van der Waals surface area (Å²) in [5, 5.41) is 14.6. The van der Waals surface area contributed by atoms with Gasteiger partial charge in [-0.05, 0) is 55.8 Å². The minimum absolute atomic E-state index is 0.124. The standard InChI is InChI=1S/C25H29N5O/c1-17-6-5-7-18(14-17)21(12-13-26)25(31)30-20-10-11-23(27)22(15-20)24(28)16-29-19-8-3-2-4-9-19/h2-11,14-15,21,28-29H,12-13,16,26-27H2,1H3,(H,30,31). The van der Waals surface area contributed by atoms with Gasteiger partial charge in [0.15, 0.2) is 0 Å². The zero-order valence-corrected chi connectivity index (χ0v) is 17.7. The van der Waals surface area contributed by atoms with E-state index in [-0.39, 0.29) is 11.8 Å². The molecule has 3 rings (SSSR count). The van der Waals surface area contributed by atoms with Crippen LogP contribution in [0, 0.1) is 12.3 Å². The largest absolute Gasteiger partial charge is 0.398 e. The minimum atomic E-state index is -0.342. The highest BCUT2D eigenvalue weighted by atomic mass is 16.1. The van der Waals surface area contributed by atoms with Crippen LogP contribution in [0.15, 0.2) is 72.8 Å². The highest BCUT2D eigenvalue weighted by Gasteiger charge is 2.20. The summed E-state index contributed by atoms with van der Waals surface area (Å²) in [5.74, 6) is -0.467. The van der Waals surface area contributed by atoms with Crippen LogP contribution in [0.5, 0.6) is 0 Å². The fourth-order valence-electron chi connectivity index (χ4n) is 3.47. The smallest absolute Gasteiger partial charge is 0.231 e. The molecule has 1 amide bonds. The third-order valence-corrected chi connectivity index (χ3v) is 5.11. The van der Waals surface area contributed by atoms with Crippen LogP contribution in [-0.4, -0.2) is 24.7 Å². The summed E-state index contributed by atoms with van der Waals surface area (Å²) in [6.45, 7) is 2.74. The molecule has 0 aliphatic rings. The van der Waals surface area contributed by atoms with Gasteiger partial charge in [0.2, 0.25) is 5.91 Å². The number of carbonyl (C=O) groups excluding carboxylic acids is 1. The molecule has 6 heteroatoms. The molecule has 7 N–H and O–H groups in total. The van der Waals surface area contributed by atoms with E-state index in [0.29, 0.717) is 42.2 Å². The van der Waals surface area contributed by atoms with Crippen LogP contribution >= 0.6 is 0 Å². The second-order valence-corrected chi connectivity index (χ2v) is 7.53. The van der Waals surface area contributed by atoms with E-state index in [1.807, 2.05) is 61.5 Å². The first-order chi connectivity index (χ1) is 15.0. The van der Waals surface area contributed by atoms with Crippen molar-refractivity contribution >= 4 is 28.7 Å². The van der Waals surface area contributed by atoms with Crippen LogP contribution in [0.1, 0.15) is 29.0 Å². The van der Waals surface area contributed by atoms with Gasteiger partial charge in [-0.2, -0.15) is 0 Å². The summed E-state index contributed by atoms with van der Waals surface area (Å²) in [4.78, 5) is 13.0. The Morgan fingerprint density at radius 3 is 2.48 bits per heavy atom. The van der Waals surface area contributed by atoms with Crippen molar-refractivity contribution in [3.63, 3.8) is 0 Å². The topological polar surface area (TPSA) is 117 Å². The number of nitrogens with two attached hydrogens (primary N) is 2. The van der Waals surface area contributed by atoms with Crippen molar-refractivity contribution in [2.75, 3.05) is 29.5 Å². The van der Waals surface area contributed by atoms with E-state index in [9.17, 15) is 4.79 Å². The number of benzene rings is 3. The Labute approximate surface area is 183 Å². The van der Waals surface area contributed by atoms with Crippen molar-refractivity contribution in [3.05, 3.63) is 89.5 Å². The van der Waals surface area contributed by atoms with Crippen LogP contribution in [0.3, 0.4) is 0 Å². The lowest BCUT2D eigenvalue weighted by atomic mass is 9.93. The summed E-state index contributed by atoms with van der Waals surface area (Å²) < 4.78 is 0. The Hall–Kier alpha value is -3.64. The van der Waals surface area contributed by atoms with Gasteiger partial charge >= 0.3 is 0 Å². The number of rotatable bonds is 9. The lowest BCUT2D eigenvalue weighted by molar-refractivity contribution is -0.117. The Balaban J connectivity index is 1.73. The third kappa shape index (κ3) is 5.93. The molecule has 0 saturated heterocycles. The number of aryl methyl sites for hydroxylation is 1. The van der Waals surface area contributed by atoms with Gasteiger partial charge in [0.25, 0.3) is 0 Å². The molecule has 0 fully saturated rings. The van der Waals surface area contributed by atoms with Crippen LogP contribution in [-0.2, 0) is 4.79 Å². The van der Waals surface area contributed by atoms with Gasteiger partial charge < -0.3 is 27.5 Å². The van der Waals surface area contributed by atoms with Crippen molar-refractivity contribution in [1.82, 2.24) is 0 Å². The molecular weight excluding hydrogens is 386 g/mol. The fourth-order valence-corrected chi connectivity index (χ4v) is 3.47. The number of para-hydroxylation sites is 1. The molecule has 0 heterocycles. The Morgan fingerprint density at radius 1 is 1.00 bits per heavy atom. The first kappa shape index (κ1) is 22.1. The number of anilines is 3. The monoisotopic (exact) mass is 415 g/mol. The summed E-state index contributed by atoms with van der Waals surface area (Å²) in [6.07, 6.45) is 0.550. The van der Waals surface area contributed by atoms with Crippen molar-refractivity contribution in [2.45, 2.75) is 19.3 Å². The predicted molar refractivity (Wildman–Crippen MR) is 129 cm³/mol. The molecule has 3 aromatic rings.